The number of non-ortho nitro benzene ring substituents is 1. The first-order valence-corrected chi connectivity index (χ1v) is 11.5. The number of amides is 1. The summed E-state index contributed by atoms with van der Waals surface area (Å²) < 4.78 is 5.44. The highest BCUT2D eigenvalue weighted by atomic mass is 16.6. The number of aromatic amines is 1. The van der Waals surface area contributed by atoms with Crippen molar-refractivity contribution in [2.24, 2.45) is 0 Å². The molecule has 0 aliphatic carbocycles. The van der Waals surface area contributed by atoms with E-state index < -0.39 is 16.9 Å². The number of carbonyl (C=O) groups is 1. The number of carbonyl (C=O) groups excluding carboxylic acids is 1. The number of fused-ring (bicyclic) bond motifs is 1. The number of ether oxygens (including phenoxy) is 1. The lowest BCUT2D eigenvalue weighted by Gasteiger charge is -2.30. The van der Waals surface area contributed by atoms with Crippen molar-refractivity contribution in [3.8, 4) is 0 Å². The van der Waals surface area contributed by atoms with Crippen LogP contribution in [0.2, 0.25) is 0 Å². The normalized spacial score (nSPS) is 14.6. The standard InChI is InChI=1S/C26H25N5O4/c32-26(20-17-19(31(33)34)10-11-24(20)30-12-14-35-15-13-30)29-23(16-18-6-2-1-3-7-18)25-27-21-8-4-5-9-22(21)28-25/h1-11,17,23H,12-16H2,(H,27,28)(H,29,32). The zero-order chi connectivity index (χ0) is 24.2. The monoisotopic (exact) mass is 471 g/mol. The Hall–Kier alpha value is -4.24. The summed E-state index contributed by atoms with van der Waals surface area (Å²) in [5.74, 6) is 0.235. The Balaban J connectivity index is 1.50. The van der Waals surface area contributed by atoms with Crippen molar-refractivity contribution in [1.82, 2.24) is 15.3 Å². The molecule has 0 spiro atoms. The van der Waals surface area contributed by atoms with E-state index in [1.807, 2.05) is 59.5 Å². The van der Waals surface area contributed by atoms with Crippen LogP contribution in [-0.2, 0) is 11.2 Å². The van der Waals surface area contributed by atoms with Crippen molar-refractivity contribution in [3.05, 3.63) is 99.9 Å². The van der Waals surface area contributed by atoms with Crippen molar-refractivity contribution in [2.45, 2.75) is 12.5 Å². The molecule has 1 unspecified atom stereocenters. The molecule has 4 aromatic rings. The van der Waals surface area contributed by atoms with E-state index in [1.54, 1.807) is 6.07 Å². The lowest BCUT2D eigenvalue weighted by atomic mass is 10.0. The Bertz CT molecular complexity index is 1320. The summed E-state index contributed by atoms with van der Waals surface area (Å²) in [5, 5.41) is 14.6. The van der Waals surface area contributed by atoms with Gasteiger partial charge in [0.25, 0.3) is 11.6 Å². The fourth-order valence-corrected chi connectivity index (χ4v) is 4.34. The highest BCUT2D eigenvalue weighted by molar-refractivity contribution is 6.00. The first kappa shape index (κ1) is 22.5. The van der Waals surface area contributed by atoms with E-state index in [9.17, 15) is 14.9 Å². The third-order valence-electron chi connectivity index (χ3n) is 6.11. The molecule has 1 aromatic heterocycles. The average molecular weight is 472 g/mol. The topological polar surface area (TPSA) is 113 Å². The van der Waals surface area contributed by atoms with Crippen LogP contribution < -0.4 is 10.2 Å². The van der Waals surface area contributed by atoms with E-state index in [4.69, 9.17) is 9.72 Å². The van der Waals surface area contributed by atoms with E-state index in [2.05, 4.69) is 10.3 Å². The number of nitro benzene ring substituents is 1. The Morgan fingerprint density at radius 2 is 1.83 bits per heavy atom. The highest BCUT2D eigenvalue weighted by Gasteiger charge is 2.25. The molecule has 2 N–H and O–H groups in total. The summed E-state index contributed by atoms with van der Waals surface area (Å²) >= 11 is 0. The van der Waals surface area contributed by atoms with Crippen molar-refractivity contribution in [2.75, 3.05) is 31.2 Å². The summed E-state index contributed by atoms with van der Waals surface area (Å²) in [4.78, 5) is 34.7. The molecule has 1 aliphatic heterocycles. The van der Waals surface area contributed by atoms with Gasteiger partial charge in [0.1, 0.15) is 5.82 Å². The minimum Gasteiger partial charge on any atom is -0.378 e. The van der Waals surface area contributed by atoms with Crippen LogP contribution in [0.4, 0.5) is 11.4 Å². The third-order valence-corrected chi connectivity index (χ3v) is 6.11. The van der Waals surface area contributed by atoms with E-state index in [-0.39, 0.29) is 11.3 Å². The molecule has 0 bridgehead atoms. The fraction of sp³-hybridized carbons (Fsp3) is 0.231. The molecule has 1 saturated heterocycles. The predicted octanol–water partition coefficient (Wildman–Crippen LogP) is 4.02. The maximum atomic E-state index is 13.6. The lowest BCUT2D eigenvalue weighted by molar-refractivity contribution is -0.384. The number of hydrogen-bond acceptors (Lipinski definition) is 6. The molecule has 0 saturated carbocycles. The number of nitrogens with zero attached hydrogens (tertiary/aromatic N) is 3. The van der Waals surface area contributed by atoms with Crippen LogP contribution in [-0.4, -0.2) is 47.1 Å². The number of nitro groups is 1. The molecule has 9 nitrogen and oxygen atoms in total. The van der Waals surface area contributed by atoms with Crippen molar-refractivity contribution in [1.29, 1.82) is 0 Å². The highest BCUT2D eigenvalue weighted by Crippen LogP contribution is 2.28. The smallest absolute Gasteiger partial charge is 0.270 e. The van der Waals surface area contributed by atoms with Gasteiger partial charge < -0.3 is 19.9 Å². The Kier molecular flexibility index (Phi) is 6.40. The molecule has 1 aliphatic rings. The summed E-state index contributed by atoms with van der Waals surface area (Å²) in [6, 6.07) is 21.5. The van der Waals surface area contributed by atoms with Crippen molar-refractivity contribution < 1.29 is 14.5 Å². The molecule has 1 fully saturated rings. The van der Waals surface area contributed by atoms with Gasteiger partial charge in [0.2, 0.25) is 0 Å². The molecule has 9 heteroatoms. The Morgan fingerprint density at radius 1 is 1.09 bits per heavy atom. The largest absolute Gasteiger partial charge is 0.378 e. The van der Waals surface area contributed by atoms with Crippen LogP contribution in [0.3, 0.4) is 0 Å². The molecule has 178 valence electrons. The summed E-state index contributed by atoms with van der Waals surface area (Å²) in [7, 11) is 0. The van der Waals surface area contributed by atoms with Crippen LogP contribution in [0.5, 0.6) is 0 Å². The molecular weight excluding hydrogens is 446 g/mol. The van der Waals surface area contributed by atoms with Crippen LogP contribution >= 0.6 is 0 Å². The van der Waals surface area contributed by atoms with Gasteiger partial charge in [-0.25, -0.2) is 4.98 Å². The fourth-order valence-electron chi connectivity index (χ4n) is 4.34. The lowest BCUT2D eigenvalue weighted by Crippen LogP contribution is -2.38. The molecule has 2 heterocycles. The second-order valence-electron chi connectivity index (χ2n) is 8.41. The van der Waals surface area contributed by atoms with Gasteiger partial charge in [0.05, 0.1) is 46.5 Å². The van der Waals surface area contributed by atoms with E-state index in [0.29, 0.717) is 44.2 Å². The van der Waals surface area contributed by atoms with Crippen LogP contribution in [0.1, 0.15) is 27.8 Å². The van der Waals surface area contributed by atoms with Gasteiger partial charge in [-0.3, -0.25) is 14.9 Å². The molecule has 1 atom stereocenters. The number of anilines is 1. The number of rotatable bonds is 7. The Morgan fingerprint density at radius 3 is 2.57 bits per heavy atom. The quantitative estimate of drug-likeness (QED) is 0.311. The second-order valence-corrected chi connectivity index (χ2v) is 8.41. The first-order chi connectivity index (χ1) is 17.1. The molecular formula is C26H25N5O4. The van der Waals surface area contributed by atoms with Crippen molar-refractivity contribution >= 4 is 28.3 Å². The minimum atomic E-state index is -0.486. The van der Waals surface area contributed by atoms with Gasteiger partial charge in [0, 0.05) is 25.2 Å². The summed E-state index contributed by atoms with van der Waals surface area (Å²) in [5.41, 5.74) is 3.49. The van der Waals surface area contributed by atoms with Crippen LogP contribution in [0.25, 0.3) is 11.0 Å². The summed E-state index contributed by atoms with van der Waals surface area (Å²) in [6.45, 7) is 2.28. The van der Waals surface area contributed by atoms with Gasteiger partial charge in [0.15, 0.2) is 0 Å². The predicted molar refractivity (Wildman–Crippen MR) is 133 cm³/mol. The second kappa shape index (κ2) is 9.94. The number of nitrogens with one attached hydrogen (secondary N) is 2. The van der Waals surface area contributed by atoms with Gasteiger partial charge in [-0.1, -0.05) is 42.5 Å². The van der Waals surface area contributed by atoms with Gasteiger partial charge in [-0.2, -0.15) is 0 Å². The minimum absolute atomic E-state index is 0.129. The van der Waals surface area contributed by atoms with Crippen molar-refractivity contribution in [3.63, 3.8) is 0 Å². The van der Waals surface area contributed by atoms with E-state index in [0.717, 1.165) is 16.6 Å². The third kappa shape index (κ3) is 4.99. The maximum Gasteiger partial charge on any atom is 0.270 e. The molecule has 35 heavy (non-hydrogen) atoms. The zero-order valence-corrected chi connectivity index (χ0v) is 19.0. The number of benzene rings is 3. The average Bonchev–Trinajstić information content (AvgIpc) is 3.33. The first-order valence-electron chi connectivity index (χ1n) is 11.5. The number of para-hydroxylation sites is 2. The number of imidazole rings is 1. The molecule has 1 amide bonds. The number of aromatic nitrogens is 2. The van der Waals surface area contributed by atoms with Gasteiger partial charge in [-0.05, 0) is 30.2 Å². The van der Waals surface area contributed by atoms with Crippen LogP contribution in [0, 0.1) is 10.1 Å². The number of H-pyrrole nitrogens is 1. The van der Waals surface area contributed by atoms with Crippen LogP contribution in [0.15, 0.2) is 72.8 Å². The van der Waals surface area contributed by atoms with Gasteiger partial charge in [-0.15, -0.1) is 0 Å². The molecule has 3 aromatic carbocycles. The zero-order valence-electron chi connectivity index (χ0n) is 19.0. The molecule has 5 rings (SSSR count). The number of hydrogen-bond donors (Lipinski definition) is 2. The van der Waals surface area contributed by atoms with E-state index in [1.165, 1.54) is 12.1 Å². The van der Waals surface area contributed by atoms with E-state index >= 15 is 0 Å². The Labute approximate surface area is 201 Å². The summed E-state index contributed by atoms with van der Waals surface area (Å²) in [6.07, 6.45) is 0.508. The molecule has 0 radical (unpaired) electrons. The SMILES string of the molecule is O=C(NC(Cc1ccccc1)c1nc2ccccc2[nH]1)c1cc([N+](=O)[O-])ccc1N1CCOCC1. The maximum absolute atomic E-state index is 13.6. The van der Waals surface area contributed by atoms with Gasteiger partial charge >= 0.3 is 0 Å². The number of morpholine rings is 1.